The van der Waals surface area contributed by atoms with Crippen LogP contribution in [0.2, 0.25) is 5.02 Å². The van der Waals surface area contributed by atoms with Crippen molar-refractivity contribution in [2.45, 2.75) is 0 Å². The third kappa shape index (κ3) is 1.65. The van der Waals surface area contributed by atoms with Gasteiger partial charge in [0.25, 0.3) is 0 Å². The molecule has 0 N–H and O–H groups in total. The van der Waals surface area contributed by atoms with E-state index in [0.29, 0.717) is 5.75 Å². The summed E-state index contributed by atoms with van der Waals surface area (Å²) in [5, 5.41) is 0.0256. The third-order valence-corrected chi connectivity index (χ3v) is 2.12. The molecule has 0 saturated carbocycles. The summed E-state index contributed by atoms with van der Waals surface area (Å²) in [6, 6.07) is 3.97. The molecule has 59 valence electrons. The minimum atomic E-state index is -0.526. The van der Waals surface area contributed by atoms with Gasteiger partial charge in [-0.15, -0.1) is 0 Å². The summed E-state index contributed by atoms with van der Waals surface area (Å²) in [6.07, 6.45) is 0. The second-order valence-electron chi connectivity index (χ2n) is 1.80. The van der Waals surface area contributed by atoms with E-state index in [1.54, 1.807) is 0 Å². The zero-order chi connectivity index (χ0) is 8.43. The smallest absolute Gasteiger partial charge is 0.159 e. The van der Waals surface area contributed by atoms with Crippen molar-refractivity contribution in [3.63, 3.8) is 0 Å². The van der Waals surface area contributed by atoms with Gasteiger partial charge in [-0.05, 0) is 22.0 Å². The number of rotatable bonds is 1. The first-order valence-corrected chi connectivity index (χ1v) is 3.93. The van der Waals surface area contributed by atoms with Crippen molar-refractivity contribution in [1.29, 1.82) is 0 Å². The zero-order valence-corrected chi connectivity index (χ0v) is 7.96. The van der Waals surface area contributed by atoms with Gasteiger partial charge in [-0.3, -0.25) is 0 Å². The predicted octanol–water partition coefficient (Wildman–Crippen LogP) is 3.05. The highest BCUT2D eigenvalue weighted by Gasteiger charge is 2.09. The molecule has 1 nitrogen and oxygen atoms in total. The largest absolute Gasteiger partial charge is 0.495 e. The first kappa shape index (κ1) is 8.81. The van der Waals surface area contributed by atoms with Crippen molar-refractivity contribution < 1.29 is 9.13 Å². The van der Waals surface area contributed by atoms with E-state index in [4.69, 9.17) is 16.3 Å². The summed E-state index contributed by atoms with van der Waals surface area (Å²) >= 11 is 8.43. The van der Waals surface area contributed by atoms with Crippen LogP contribution in [0.3, 0.4) is 0 Å². The predicted molar refractivity (Wildman–Crippen MR) is 44.5 cm³/mol. The summed E-state index contributed by atoms with van der Waals surface area (Å²) in [6.45, 7) is 0. The average molecular weight is 238 g/mol. The Bertz CT molecular complexity index is 277. The molecule has 11 heavy (non-hydrogen) atoms. The minimum absolute atomic E-state index is 0.0256. The fourth-order valence-corrected chi connectivity index (χ4v) is 1.36. The van der Waals surface area contributed by atoms with Gasteiger partial charge in [0, 0.05) is 6.07 Å². The molecule has 1 aromatic carbocycles. The summed E-state index contributed by atoms with van der Waals surface area (Å²) in [7, 11) is 1.43. The maximum Gasteiger partial charge on any atom is 0.159 e. The first-order chi connectivity index (χ1) is 5.16. The minimum Gasteiger partial charge on any atom is -0.495 e. The van der Waals surface area contributed by atoms with Gasteiger partial charge in [0.2, 0.25) is 0 Å². The molecule has 0 aliphatic heterocycles. The molecule has 1 radical (unpaired) electrons. The van der Waals surface area contributed by atoms with Gasteiger partial charge in [0.15, 0.2) is 5.82 Å². The highest BCUT2D eigenvalue weighted by Crippen LogP contribution is 2.31. The first-order valence-electron chi connectivity index (χ1n) is 2.76. The van der Waals surface area contributed by atoms with Crippen LogP contribution in [-0.2, 0) is 0 Å². The highest BCUT2D eigenvalue weighted by molar-refractivity contribution is 9.10. The molecule has 1 rings (SSSR count). The maximum atomic E-state index is 12.9. The molecule has 0 fully saturated rings. The van der Waals surface area contributed by atoms with Crippen molar-refractivity contribution in [2.24, 2.45) is 0 Å². The van der Waals surface area contributed by atoms with E-state index in [2.05, 4.69) is 22.0 Å². The molecule has 0 aromatic heterocycles. The van der Waals surface area contributed by atoms with Gasteiger partial charge >= 0.3 is 0 Å². The lowest BCUT2D eigenvalue weighted by molar-refractivity contribution is 0.407. The van der Waals surface area contributed by atoms with Crippen molar-refractivity contribution in [3.8, 4) is 5.75 Å². The molecule has 0 unspecified atom stereocenters. The molecule has 0 spiro atoms. The van der Waals surface area contributed by atoms with Gasteiger partial charge in [-0.1, -0.05) is 11.6 Å². The lowest BCUT2D eigenvalue weighted by Gasteiger charge is -2.03. The lowest BCUT2D eigenvalue weighted by Crippen LogP contribution is -1.88. The van der Waals surface area contributed by atoms with Gasteiger partial charge in [0.05, 0.1) is 16.6 Å². The summed E-state index contributed by atoms with van der Waals surface area (Å²) in [5.41, 5.74) is 0. The Hall–Kier alpha value is -0.280. The van der Waals surface area contributed by atoms with Crippen LogP contribution < -0.4 is 4.74 Å². The third-order valence-electron chi connectivity index (χ3n) is 1.14. The molecule has 4 heteroatoms. The number of hydrogen-bond donors (Lipinski definition) is 0. The van der Waals surface area contributed by atoms with Gasteiger partial charge in [-0.2, -0.15) is 0 Å². The van der Waals surface area contributed by atoms with Crippen molar-refractivity contribution >= 4 is 27.5 Å². The van der Waals surface area contributed by atoms with E-state index in [0.717, 1.165) is 0 Å². The Labute approximate surface area is 77.2 Å². The monoisotopic (exact) mass is 237 g/mol. The van der Waals surface area contributed by atoms with E-state index in [9.17, 15) is 4.39 Å². The Morgan fingerprint density at radius 1 is 1.73 bits per heavy atom. The number of benzene rings is 1. The number of hydrogen-bond acceptors (Lipinski definition) is 1. The molecule has 0 aliphatic carbocycles. The second kappa shape index (κ2) is 3.41. The Balaban J connectivity index is 3.25. The van der Waals surface area contributed by atoms with E-state index in [1.807, 2.05) is 0 Å². The van der Waals surface area contributed by atoms with E-state index < -0.39 is 5.82 Å². The van der Waals surface area contributed by atoms with E-state index >= 15 is 0 Å². The topological polar surface area (TPSA) is 9.23 Å². The van der Waals surface area contributed by atoms with Crippen LogP contribution in [-0.4, -0.2) is 7.11 Å². The second-order valence-corrected chi connectivity index (χ2v) is 3.00. The molecule has 0 aliphatic rings. The van der Waals surface area contributed by atoms with Crippen molar-refractivity contribution in [2.75, 3.05) is 7.11 Å². The van der Waals surface area contributed by atoms with Gasteiger partial charge < -0.3 is 4.74 Å². The number of methoxy groups -OCH3 is 1. The molecule has 0 bridgehead atoms. The number of ether oxygens (including phenoxy) is 1. The highest BCUT2D eigenvalue weighted by atomic mass is 79.9. The summed E-state index contributed by atoms with van der Waals surface area (Å²) < 4.78 is 17.9. The average Bonchev–Trinajstić information content (AvgIpc) is 2.01. The Kier molecular flexibility index (Phi) is 2.73. The normalized spacial score (nSPS) is 9.82. The van der Waals surface area contributed by atoms with Crippen molar-refractivity contribution in [3.05, 3.63) is 27.4 Å². The van der Waals surface area contributed by atoms with Crippen LogP contribution in [0.1, 0.15) is 0 Å². The zero-order valence-electron chi connectivity index (χ0n) is 5.62. The SMILES string of the molecule is COc1[c]cc(Cl)c(F)c1Br. The molecule has 0 amide bonds. The molecular weight excluding hydrogens is 234 g/mol. The quantitative estimate of drug-likeness (QED) is 0.683. The van der Waals surface area contributed by atoms with Crippen LogP contribution in [0.4, 0.5) is 4.39 Å². The summed E-state index contributed by atoms with van der Waals surface area (Å²) in [4.78, 5) is 0. The molecule has 0 heterocycles. The van der Waals surface area contributed by atoms with Crippen LogP contribution in [0.15, 0.2) is 10.5 Å². The molecule has 0 saturated heterocycles. The van der Waals surface area contributed by atoms with E-state index in [1.165, 1.54) is 13.2 Å². The van der Waals surface area contributed by atoms with Gasteiger partial charge in [0.1, 0.15) is 5.75 Å². The molecule has 1 aromatic rings. The molecule has 0 atom stereocenters. The number of halogens is 3. The lowest BCUT2D eigenvalue weighted by atomic mass is 10.3. The Morgan fingerprint density at radius 2 is 2.36 bits per heavy atom. The molecular formula is C7H4BrClFO. The fourth-order valence-electron chi connectivity index (χ4n) is 0.609. The maximum absolute atomic E-state index is 12.9. The van der Waals surface area contributed by atoms with Crippen LogP contribution >= 0.6 is 27.5 Å². The fraction of sp³-hybridized carbons (Fsp3) is 0.143. The Morgan fingerprint density at radius 3 is 2.91 bits per heavy atom. The van der Waals surface area contributed by atoms with Crippen molar-refractivity contribution in [1.82, 2.24) is 0 Å². The standard InChI is InChI=1S/C7H4BrClFO/c1-11-5-3-2-4(9)7(10)6(5)8/h2H,1H3. The van der Waals surface area contributed by atoms with Crippen LogP contribution in [0, 0.1) is 11.9 Å². The van der Waals surface area contributed by atoms with Crippen LogP contribution in [0.5, 0.6) is 5.75 Å². The van der Waals surface area contributed by atoms with Gasteiger partial charge in [-0.25, -0.2) is 4.39 Å². The summed E-state index contributed by atoms with van der Waals surface area (Å²) in [5.74, 6) is -0.214. The van der Waals surface area contributed by atoms with Crippen LogP contribution in [0.25, 0.3) is 0 Å². The van der Waals surface area contributed by atoms with E-state index in [-0.39, 0.29) is 9.50 Å².